The number of aromatic nitrogens is 1. The predicted octanol–water partition coefficient (Wildman–Crippen LogP) is 1.49. The normalized spacial score (nSPS) is 20.2. The van der Waals surface area contributed by atoms with E-state index in [1.807, 2.05) is 30.1 Å². The molecule has 1 aromatic heterocycles. The summed E-state index contributed by atoms with van der Waals surface area (Å²) in [7, 11) is 1.84. The number of likely N-dealkylation sites (tertiary alicyclic amines) is 1. The van der Waals surface area contributed by atoms with Gasteiger partial charge >= 0.3 is 0 Å². The number of hydrogen-bond donors (Lipinski definition) is 1. The lowest BCUT2D eigenvalue weighted by atomic mass is 10.2. The minimum absolute atomic E-state index is 0.240. The van der Waals surface area contributed by atoms with Crippen molar-refractivity contribution in [3.05, 3.63) is 23.9 Å². The minimum Gasteiger partial charge on any atom is -0.373 e. The van der Waals surface area contributed by atoms with Crippen molar-refractivity contribution in [2.45, 2.75) is 19.9 Å². The van der Waals surface area contributed by atoms with Crippen LogP contribution in [-0.4, -0.2) is 29.4 Å². The lowest BCUT2D eigenvalue weighted by Crippen LogP contribution is -2.25. The Morgan fingerprint density at radius 1 is 1.56 bits per heavy atom. The van der Waals surface area contributed by atoms with E-state index in [1.165, 1.54) is 0 Å². The van der Waals surface area contributed by atoms with Crippen LogP contribution in [0.3, 0.4) is 0 Å². The first kappa shape index (κ1) is 10.9. The summed E-state index contributed by atoms with van der Waals surface area (Å²) in [4.78, 5) is 17.9. The highest BCUT2D eigenvalue weighted by Gasteiger charge is 2.26. The van der Waals surface area contributed by atoms with E-state index in [0.29, 0.717) is 18.9 Å². The van der Waals surface area contributed by atoms with Crippen molar-refractivity contribution in [3.63, 3.8) is 0 Å². The maximum Gasteiger partial charge on any atom is 0.223 e. The Morgan fingerprint density at radius 2 is 2.38 bits per heavy atom. The Bertz CT molecular complexity index is 392. The zero-order valence-corrected chi connectivity index (χ0v) is 9.73. The van der Waals surface area contributed by atoms with Crippen molar-refractivity contribution in [2.75, 3.05) is 18.9 Å². The van der Waals surface area contributed by atoms with Gasteiger partial charge in [-0.25, -0.2) is 4.98 Å². The molecule has 4 heteroatoms. The van der Waals surface area contributed by atoms with E-state index in [-0.39, 0.29) is 5.91 Å². The predicted molar refractivity (Wildman–Crippen MR) is 63.0 cm³/mol. The van der Waals surface area contributed by atoms with E-state index < -0.39 is 0 Å². The smallest absolute Gasteiger partial charge is 0.223 e. The zero-order valence-electron chi connectivity index (χ0n) is 9.73. The average molecular weight is 219 g/mol. The number of carbonyl (C=O) groups excluding carboxylic acids is 1. The van der Waals surface area contributed by atoms with Crippen LogP contribution in [0.2, 0.25) is 0 Å². The Hall–Kier alpha value is -1.58. The van der Waals surface area contributed by atoms with Crippen molar-refractivity contribution in [2.24, 2.45) is 5.92 Å². The van der Waals surface area contributed by atoms with Gasteiger partial charge in [-0.05, 0) is 18.1 Å². The fourth-order valence-electron chi connectivity index (χ4n) is 2.02. The first-order valence-electron chi connectivity index (χ1n) is 5.60. The molecule has 1 atom stereocenters. The average Bonchev–Trinajstić information content (AvgIpc) is 2.58. The van der Waals surface area contributed by atoms with Gasteiger partial charge in [-0.15, -0.1) is 0 Å². The van der Waals surface area contributed by atoms with Gasteiger partial charge in [-0.2, -0.15) is 0 Å². The molecule has 1 amide bonds. The van der Waals surface area contributed by atoms with Crippen LogP contribution >= 0.6 is 0 Å². The third-order valence-corrected chi connectivity index (χ3v) is 2.82. The van der Waals surface area contributed by atoms with Gasteiger partial charge in [0.1, 0.15) is 5.82 Å². The van der Waals surface area contributed by atoms with Crippen LogP contribution in [0.1, 0.15) is 19.0 Å². The number of rotatable bonds is 3. The van der Waals surface area contributed by atoms with Crippen LogP contribution in [0.5, 0.6) is 0 Å². The maximum absolute atomic E-state index is 11.6. The van der Waals surface area contributed by atoms with E-state index in [0.717, 1.165) is 18.1 Å². The summed E-state index contributed by atoms with van der Waals surface area (Å²) in [5, 5.41) is 3.00. The van der Waals surface area contributed by atoms with Crippen LogP contribution in [0.4, 0.5) is 5.82 Å². The van der Waals surface area contributed by atoms with Gasteiger partial charge in [-0.3, -0.25) is 4.79 Å². The SMILES string of the molecule is CNc1cccc(CN2CC(C)CC2=O)n1. The number of amides is 1. The number of nitrogens with one attached hydrogen (secondary N) is 1. The Labute approximate surface area is 95.7 Å². The first-order chi connectivity index (χ1) is 7.69. The molecule has 0 bridgehead atoms. The molecule has 1 N–H and O–H groups in total. The number of nitrogens with zero attached hydrogens (tertiary/aromatic N) is 2. The summed E-state index contributed by atoms with van der Waals surface area (Å²) in [6, 6.07) is 5.83. The molecule has 4 nitrogen and oxygen atoms in total. The number of hydrogen-bond acceptors (Lipinski definition) is 3. The van der Waals surface area contributed by atoms with Crippen molar-refractivity contribution in [3.8, 4) is 0 Å². The van der Waals surface area contributed by atoms with E-state index in [4.69, 9.17) is 0 Å². The van der Waals surface area contributed by atoms with Gasteiger partial charge in [0.15, 0.2) is 0 Å². The van der Waals surface area contributed by atoms with Gasteiger partial charge in [0, 0.05) is 20.0 Å². The van der Waals surface area contributed by atoms with Gasteiger partial charge < -0.3 is 10.2 Å². The van der Waals surface area contributed by atoms with Gasteiger partial charge in [0.2, 0.25) is 5.91 Å². The molecule has 1 aliphatic heterocycles. The Morgan fingerprint density at radius 3 is 3.00 bits per heavy atom. The second kappa shape index (κ2) is 4.51. The Balaban J connectivity index is 2.06. The molecule has 0 aromatic carbocycles. The van der Waals surface area contributed by atoms with Gasteiger partial charge in [0.05, 0.1) is 12.2 Å². The summed E-state index contributed by atoms with van der Waals surface area (Å²) in [5.74, 6) is 1.56. The van der Waals surface area contributed by atoms with Crippen LogP contribution in [0, 0.1) is 5.92 Å². The molecular formula is C12H17N3O. The molecule has 86 valence electrons. The van der Waals surface area contributed by atoms with Crippen LogP contribution in [-0.2, 0) is 11.3 Å². The molecular weight excluding hydrogens is 202 g/mol. The fraction of sp³-hybridized carbons (Fsp3) is 0.500. The highest BCUT2D eigenvalue weighted by atomic mass is 16.2. The topological polar surface area (TPSA) is 45.2 Å². The number of pyridine rings is 1. The lowest BCUT2D eigenvalue weighted by molar-refractivity contribution is -0.128. The summed E-state index contributed by atoms with van der Waals surface area (Å²) >= 11 is 0. The second-order valence-corrected chi connectivity index (χ2v) is 4.35. The molecule has 1 aromatic rings. The molecule has 2 heterocycles. The molecule has 0 saturated carbocycles. The van der Waals surface area contributed by atoms with Crippen molar-refractivity contribution < 1.29 is 4.79 Å². The highest BCUT2D eigenvalue weighted by molar-refractivity contribution is 5.78. The molecule has 1 aliphatic rings. The van der Waals surface area contributed by atoms with Crippen molar-refractivity contribution in [1.82, 2.24) is 9.88 Å². The van der Waals surface area contributed by atoms with Crippen LogP contribution in [0.15, 0.2) is 18.2 Å². The number of anilines is 1. The van der Waals surface area contributed by atoms with Crippen LogP contribution in [0.25, 0.3) is 0 Å². The molecule has 0 radical (unpaired) electrons. The molecule has 16 heavy (non-hydrogen) atoms. The molecule has 1 fully saturated rings. The summed E-state index contributed by atoms with van der Waals surface area (Å²) in [6.45, 7) is 3.58. The molecule has 2 rings (SSSR count). The molecule has 0 spiro atoms. The third kappa shape index (κ3) is 2.32. The summed E-state index contributed by atoms with van der Waals surface area (Å²) in [5.41, 5.74) is 0.939. The minimum atomic E-state index is 0.240. The van der Waals surface area contributed by atoms with E-state index >= 15 is 0 Å². The first-order valence-corrected chi connectivity index (χ1v) is 5.60. The van der Waals surface area contributed by atoms with E-state index in [1.54, 1.807) is 0 Å². The lowest BCUT2D eigenvalue weighted by Gasteiger charge is -2.15. The molecule has 0 aliphatic carbocycles. The van der Waals surface area contributed by atoms with Gasteiger partial charge in [0.25, 0.3) is 0 Å². The monoisotopic (exact) mass is 219 g/mol. The quantitative estimate of drug-likeness (QED) is 0.837. The number of carbonyl (C=O) groups is 1. The standard InChI is InChI=1S/C12H17N3O/c1-9-6-12(16)15(7-9)8-10-4-3-5-11(13-2)14-10/h3-5,9H,6-8H2,1-2H3,(H,13,14). The summed E-state index contributed by atoms with van der Waals surface area (Å²) in [6.07, 6.45) is 0.672. The maximum atomic E-state index is 11.6. The fourth-order valence-corrected chi connectivity index (χ4v) is 2.02. The Kier molecular flexibility index (Phi) is 3.08. The van der Waals surface area contributed by atoms with E-state index in [9.17, 15) is 4.79 Å². The van der Waals surface area contributed by atoms with Gasteiger partial charge in [-0.1, -0.05) is 13.0 Å². The summed E-state index contributed by atoms with van der Waals surface area (Å²) < 4.78 is 0. The van der Waals surface area contributed by atoms with Crippen LogP contribution < -0.4 is 5.32 Å². The third-order valence-electron chi connectivity index (χ3n) is 2.82. The second-order valence-electron chi connectivity index (χ2n) is 4.35. The molecule has 1 saturated heterocycles. The zero-order chi connectivity index (χ0) is 11.5. The van der Waals surface area contributed by atoms with Crippen molar-refractivity contribution in [1.29, 1.82) is 0 Å². The van der Waals surface area contributed by atoms with E-state index in [2.05, 4.69) is 17.2 Å². The largest absolute Gasteiger partial charge is 0.373 e. The highest BCUT2D eigenvalue weighted by Crippen LogP contribution is 2.19. The van der Waals surface area contributed by atoms with Crippen molar-refractivity contribution >= 4 is 11.7 Å². The molecule has 1 unspecified atom stereocenters.